The van der Waals surface area contributed by atoms with Gasteiger partial charge in [-0.25, -0.2) is 0 Å². The zero-order valence-electron chi connectivity index (χ0n) is 2.79. The standard InChI is InChI=1S/HN5.Pb/c1-2-4-5-3-1;/h(H,1,2,3,4,5);. The number of aromatic amines is 1. The predicted octanol–water partition coefficient (Wildman–Crippen LogP) is -1.79. The molecule has 6 heteroatoms. The Morgan fingerprint density at radius 3 is 1.67 bits per heavy atom. The van der Waals surface area contributed by atoms with Crippen LogP contribution in [0.25, 0.3) is 0 Å². The van der Waals surface area contributed by atoms with Crippen LogP contribution in [0.4, 0.5) is 0 Å². The van der Waals surface area contributed by atoms with Crippen LogP contribution in [0.5, 0.6) is 0 Å². The van der Waals surface area contributed by atoms with Crippen molar-refractivity contribution in [1.82, 2.24) is 26.1 Å². The minimum absolute atomic E-state index is 0. The molecule has 0 saturated carbocycles. The molecule has 0 atom stereocenters. The van der Waals surface area contributed by atoms with Crippen LogP contribution < -0.4 is 0 Å². The number of nitrogens with zero attached hydrogens (tertiary/aromatic N) is 4. The quantitative estimate of drug-likeness (QED) is 0.569. The molecular formula is HN5Pb. The van der Waals surface area contributed by atoms with Gasteiger partial charge in [-0.15, -0.1) is 0 Å². The number of hydrogen-bond acceptors (Lipinski definition) is 4. The molecule has 0 aromatic carbocycles. The van der Waals surface area contributed by atoms with E-state index in [1.165, 1.54) is 0 Å². The first-order chi connectivity index (χ1) is 2.50. The van der Waals surface area contributed by atoms with E-state index in [1.54, 1.807) is 0 Å². The molecule has 6 heavy (non-hydrogen) atoms. The number of aromatic nitrogens is 5. The molecule has 0 fully saturated rings. The number of hydrogen-bond donors (Lipinski definition) is 1. The minimum atomic E-state index is 0. The fraction of sp³-hybridized carbons (Fsp3) is 0. The fourth-order valence-electron chi connectivity index (χ4n) is 0.100. The van der Waals surface area contributed by atoms with Crippen molar-refractivity contribution in [2.45, 2.75) is 0 Å². The molecule has 0 bridgehead atoms. The molecule has 0 amide bonds. The van der Waals surface area contributed by atoms with Crippen LogP contribution in [-0.4, -0.2) is 53.4 Å². The van der Waals surface area contributed by atoms with Gasteiger partial charge in [0, 0.05) is 27.3 Å². The molecule has 1 aromatic rings. The van der Waals surface area contributed by atoms with Crippen molar-refractivity contribution in [2.75, 3.05) is 0 Å². The SMILES string of the molecule is [Pb].n1nn[nH]n1. The average Bonchev–Trinajstić information content (AvgIpc) is 1.76. The smallest absolute Gasteiger partial charge is 0 e. The molecule has 4 radical (unpaired) electrons. The summed E-state index contributed by atoms with van der Waals surface area (Å²) < 4.78 is 0. The van der Waals surface area contributed by atoms with Gasteiger partial charge in [-0.1, -0.05) is 0 Å². The van der Waals surface area contributed by atoms with E-state index in [2.05, 4.69) is 26.1 Å². The Bertz CT molecular complexity index is 60.4. The molecular weight excluding hydrogens is 277 g/mol. The van der Waals surface area contributed by atoms with Crippen molar-refractivity contribution in [3.8, 4) is 0 Å². The molecule has 0 aliphatic rings. The summed E-state index contributed by atoms with van der Waals surface area (Å²) in [6.45, 7) is 0. The summed E-state index contributed by atoms with van der Waals surface area (Å²) in [5.41, 5.74) is 0. The van der Waals surface area contributed by atoms with Gasteiger partial charge in [0.15, 0.2) is 0 Å². The maximum Gasteiger partial charge on any atom is 0 e. The summed E-state index contributed by atoms with van der Waals surface area (Å²) in [6.07, 6.45) is 0. The number of H-pyrrole nitrogens is 1. The largest absolute Gasteiger partial charge is 0.157 e. The first kappa shape index (κ1) is 5.92. The van der Waals surface area contributed by atoms with Crippen molar-refractivity contribution < 1.29 is 0 Å². The van der Waals surface area contributed by atoms with Crippen LogP contribution in [0.1, 0.15) is 0 Å². The second-order valence-electron chi connectivity index (χ2n) is 0.479. The second kappa shape index (κ2) is 3.13. The molecule has 30 valence electrons. The third-order valence-corrected chi connectivity index (χ3v) is 0.219. The molecule has 0 aliphatic carbocycles. The summed E-state index contributed by atoms with van der Waals surface area (Å²) in [7, 11) is 0. The van der Waals surface area contributed by atoms with E-state index in [1.807, 2.05) is 0 Å². The average molecular weight is 278 g/mol. The molecule has 0 unspecified atom stereocenters. The van der Waals surface area contributed by atoms with Crippen LogP contribution in [0.2, 0.25) is 0 Å². The van der Waals surface area contributed by atoms with E-state index in [9.17, 15) is 0 Å². The van der Waals surface area contributed by atoms with Gasteiger partial charge in [-0.2, -0.15) is 5.21 Å². The maximum absolute atomic E-state index is 3.12. The Morgan fingerprint density at radius 2 is 1.50 bits per heavy atom. The molecule has 0 aliphatic heterocycles. The Morgan fingerprint density at radius 1 is 1.00 bits per heavy atom. The summed E-state index contributed by atoms with van der Waals surface area (Å²) in [5, 5.41) is 14.5. The van der Waals surface area contributed by atoms with Crippen LogP contribution in [0.15, 0.2) is 0 Å². The molecule has 5 nitrogen and oxygen atoms in total. The molecule has 1 rings (SSSR count). The van der Waals surface area contributed by atoms with Gasteiger partial charge in [0.1, 0.15) is 0 Å². The van der Waals surface area contributed by atoms with E-state index < -0.39 is 0 Å². The summed E-state index contributed by atoms with van der Waals surface area (Å²) >= 11 is 0. The topological polar surface area (TPSA) is 67.3 Å². The summed E-state index contributed by atoms with van der Waals surface area (Å²) in [4.78, 5) is 0. The maximum atomic E-state index is 3.12. The Kier molecular flexibility index (Phi) is 3.08. The van der Waals surface area contributed by atoms with Crippen molar-refractivity contribution in [2.24, 2.45) is 0 Å². The van der Waals surface area contributed by atoms with Gasteiger partial charge in [0.2, 0.25) is 0 Å². The zero-order chi connectivity index (χ0) is 3.54. The van der Waals surface area contributed by atoms with E-state index in [4.69, 9.17) is 0 Å². The molecule has 1 heterocycles. The summed E-state index contributed by atoms with van der Waals surface area (Å²) in [5.74, 6) is 0. The van der Waals surface area contributed by atoms with Gasteiger partial charge in [0.25, 0.3) is 0 Å². The van der Waals surface area contributed by atoms with Gasteiger partial charge in [-0.05, 0) is 20.9 Å². The van der Waals surface area contributed by atoms with E-state index in [-0.39, 0.29) is 27.3 Å². The van der Waals surface area contributed by atoms with E-state index >= 15 is 0 Å². The predicted molar refractivity (Wildman–Crippen MR) is 17.7 cm³/mol. The monoisotopic (exact) mass is 279 g/mol. The fourth-order valence-corrected chi connectivity index (χ4v) is 0.100. The summed E-state index contributed by atoms with van der Waals surface area (Å²) in [6, 6.07) is 0. The number of nitrogens with one attached hydrogen (secondary N) is 1. The van der Waals surface area contributed by atoms with E-state index in [0.717, 1.165) is 0 Å². The normalized spacial score (nSPS) is 6.67. The molecule has 0 saturated heterocycles. The third kappa shape index (κ3) is 1.38. The van der Waals surface area contributed by atoms with Crippen LogP contribution in [0.3, 0.4) is 0 Å². The zero-order valence-corrected chi connectivity index (χ0v) is 6.68. The number of rotatable bonds is 0. The Labute approximate surface area is 53.6 Å². The van der Waals surface area contributed by atoms with Crippen LogP contribution in [0, 0.1) is 0 Å². The van der Waals surface area contributed by atoms with Gasteiger partial charge in [0.05, 0.1) is 0 Å². The van der Waals surface area contributed by atoms with Crippen LogP contribution >= 0.6 is 0 Å². The van der Waals surface area contributed by atoms with Gasteiger partial charge in [-0.3, -0.25) is 0 Å². The first-order valence-electron chi connectivity index (χ1n) is 1.05. The third-order valence-electron chi connectivity index (χ3n) is 0.219. The minimum Gasteiger partial charge on any atom is -0.157 e. The molecule has 1 aromatic heterocycles. The van der Waals surface area contributed by atoms with Crippen molar-refractivity contribution in [3.05, 3.63) is 0 Å². The van der Waals surface area contributed by atoms with Crippen molar-refractivity contribution in [1.29, 1.82) is 0 Å². The van der Waals surface area contributed by atoms with Crippen LogP contribution in [-0.2, 0) is 0 Å². The van der Waals surface area contributed by atoms with Crippen molar-refractivity contribution >= 4 is 27.3 Å². The van der Waals surface area contributed by atoms with Crippen molar-refractivity contribution in [3.63, 3.8) is 0 Å². The molecule has 1 N–H and O–H groups in total. The van der Waals surface area contributed by atoms with Gasteiger partial charge < -0.3 is 0 Å². The van der Waals surface area contributed by atoms with Gasteiger partial charge >= 0.3 is 0 Å². The second-order valence-corrected chi connectivity index (χ2v) is 0.479. The Hall–Kier alpha value is -0.0779. The Balaban J connectivity index is 0.000000250. The molecule has 0 spiro atoms. The first-order valence-corrected chi connectivity index (χ1v) is 1.05. The van der Waals surface area contributed by atoms with E-state index in [0.29, 0.717) is 0 Å².